The predicted octanol–water partition coefficient (Wildman–Crippen LogP) is 4.18. The van der Waals surface area contributed by atoms with Gasteiger partial charge in [0, 0.05) is 16.7 Å². The zero-order valence-corrected chi connectivity index (χ0v) is 12.7. The van der Waals surface area contributed by atoms with E-state index in [1.165, 1.54) is 14.7 Å². The first-order valence-electron chi connectivity index (χ1n) is 6.26. The van der Waals surface area contributed by atoms with Gasteiger partial charge in [0.1, 0.15) is 0 Å². The molecule has 1 unspecified atom stereocenters. The predicted molar refractivity (Wildman–Crippen MR) is 85.7 cm³/mol. The molecule has 18 heavy (non-hydrogen) atoms. The Hall–Kier alpha value is -0.870. The largest absolute Gasteiger partial charge is 0.312 e. The molecule has 0 aromatic heterocycles. The van der Waals surface area contributed by atoms with E-state index < -0.39 is 0 Å². The number of rotatable bonds is 5. The molecule has 0 heterocycles. The van der Waals surface area contributed by atoms with Gasteiger partial charge in [-0.2, -0.15) is 0 Å². The van der Waals surface area contributed by atoms with E-state index in [9.17, 15) is 0 Å². The Morgan fingerprint density at radius 3 is 2.33 bits per heavy atom. The maximum Gasteiger partial charge on any atom is 0.0205 e. The highest BCUT2D eigenvalue weighted by molar-refractivity contribution is 14.1. The zero-order chi connectivity index (χ0) is 12.8. The lowest BCUT2D eigenvalue weighted by atomic mass is 10.0. The number of nitrogens with one attached hydrogen (secondary N) is 1. The van der Waals surface area contributed by atoms with Crippen molar-refractivity contribution in [3.63, 3.8) is 0 Å². The minimum absolute atomic E-state index is 0.551. The summed E-state index contributed by atoms with van der Waals surface area (Å²) in [7, 11) is 0. The summed E-state index contributed by atoms with van der Waals surface area (Å²) in [6.45, 7) is 4.21. The van der Waals surface area contributed by atoms with Crippen LogP contribution in [0.3, 0.4) is 0 Å². The molecule has 1 nitrogen and oxygen atoms in total. The Morgan fingerprint density at radius 1 is 1.00 bits per heavy atom. The van der Waals surface area contributed by atoms with Crippen LogP contribution in [0.1, 0.15) is 24.0 Å². The molecule has 2 aromatic carbocycles. The molecule has 0 saturated carbocycles. The number of hydrogen-bond donors (Lipinski definition) is 1. The molecule has 1 N–H and O–H groups in total. The van der Waals surface area contributed by atoms with E-state index in [4.69, 9.17) is 0 Å². The van der Waals surface area contributed by atoms with E-state index in [0.717, 1.165) is 13.1 Å². The summed E-state index contributed by atoms with van der Waals surface area (Å²) in [5.74, 6) is 0.551. The highest BCUT2D eigenvalue weighted by Crippen LogP contribution is 2.13. The Morgan fingerprint density at radius 2 is 1.67 bits per heavy atom. The fraction of sp³-hybridized carbons (Fsp3) is 0.250. The summed E-state index contributed by atoms with van der Waals surface area (Å²) < 4.78 is 1.29. The summed E-state index contributed by atoms with van der Waals surface area (Å²) in [6, 6.07) is 19.3. The fourth-order valence-corrected chi connectivity index (χ4v) is 2.29. The van der Waals surface area contributed by atoms with E-state index >= 15 is 0 Å². The van der Waals surface area contributed by atoms with Gasteiger partial charge in [-0.1, -0.05) is 49.4 Å². The van der Waals surface area contributed by atoms with Crippen molar-refractivity contribution in [2.24, 2.45) is 0 Å². The smallest absolute Gasteiger partial charge is 0.0205 e. The van der Waals surface area contributed by atoms with Gasteiger partial charge in [-0.05, 0) is 51.8 Å². The highest BCUT2D eigenvalue weighted by atomic mass is 127. The van der Waals surface area contributed by atoms with Gasteiger partial charge in [0.2, 0.25) is 0 Å². The summed E-state index contributed by atoms with van der Waals surface area (Å²) in [5, 5.41) is 3.52. The average Bonchev–Trinajstić information content (AvgIpc) is 2.42. The van der Waals surface area contributed by atoms with Crippen LogP contribution in [0.25, 0.3) is 0 Å². The molecule has 2 heteroatoms. The maximum atomic E-state index is 3.52. The van der Waals surface area contributed by atoms with Gasteiger partial charge in [0.25, 0.3) is 0 Å². The van der Waals surface area contributed by atoms with Crippen LogP contribution >= 0.6 is 22.6 Å². The van der Waals surface area contributed by atoms with Gasteiger partial charge in [0.05, 0.1) is 0 Å². The average molecular weight is 351 g/mol. The van der Waals surface area contributed by atoms with Crippen molar-refractivity contribution < 1.29 is 0 Å². The van der Waals surface area contributed by atoms with Crippen molar-refractivity contribution in [1.82, 2.24) is 5.32 Å². The molecule has 0 fully saturated rings. The van der Waals surface area contributed by atoms with Gasteiger partial charge < -0.3 is 5.32 Å². The summed E-state index contributed by atoms with van der Waals surface area (Å²) >= 11 is 2.33. The van der Waals surface area contributed by atoms with Crippen molar-refractivity contribution in [1.29, 1.82) is 0 Å². The van der Waals surface area contributed by atoms with E-state index in [2.05, 4.69) is 89.4 Å². The molecule has 0 aliphatic rings. The summed E-state index contributed by atoms with van der Waals surface area (Å²) in [4.78, 5) is 0. The first-order valence-corrected chi connectivity index (χ1v) is 7.33. The van der Waals surface area contributed by atoms with Crippen LogP contribution in [-0.4, -0.2) is 6.54 Å². The van der Waals surface area contributed by atoms with Crippen molar-refractivity contribution >= 4 is 22.6 Å². The topological polar surface area (TPSA) is 12.0 Å². The minimum atomic E-state index is 0.551. The Balaban J connectivity index is 1.80. The van der Waals surface area contributed by atoms with E-state index in [1.54, 1.807) is 0 Å². The Labute approximate surface area is 123 Å². The van der Waals surface area contributed by atoms with Crippen molar-refractivity contribution in [2.45, 2.75) is 19.4 Å². The molecule has 1 atom stereocenters. The normalized spacial score (nSPS) is 12.3. The van der Waals surface area contributed by atoms with Crippen molar-refractivity contribution in [3.05, 3.63) is 69.3 Å². The lowest BCUT2D eigenvalue weighted by Crippen LogP contribution is -2.19. The van der Waals surface area contributed by atoms with Gasteiger partial charge >= 0.3 is 0 Å². The lowest BCUT2D eigenvalue weighted by Gasteiger charge is -2.13. The standard InChI is InChI=1S/C16H18IN/c1-13(15-5-3-2-4-6-15)11-18-12-14-7-9-16(17)10-8-14/h2-10,13,18H,11-12H2,1H3. The first-order chi connectivity index (χ1) is 8.75. The van der Waals surface area contributed by atoms with Gasteiger partial charge in [-0.3, -0.25) is 0 Å². The molecule has 0 bridgehead atoms. The Bertz CT molecular complexity index is 464. The monoisotopic (exact) mass is 351 g/mol. The molecule has 0 spiro atoms. The molecule has 2 aromatic rings. The van der Waals surface area contributed by atoms with Crippen molar-refractivity contribution in [3.8, 4) is 0 Å². The van der Waals surface area contributed by atoms with E-state index in [0.29, 0.717) is 5.92 Å². The second-order valence-electron chi connectivity index (χ2n) is 4.57. The number of hydrogen-bond acceptors (Lipinski definition) is 1. The highest BCUT2D eigenvalue weighted by Gasteiger charge is 2.03. The molecule has 0 aliphatic carbocycles. The molecule has 0 amide bonds. The summed E-state index contributed by atoms with van der Waals surface area (Å²) in [6.07, 6.45) is 0. The molecular formula is C16H18IN. The van der Waals surface area contributed by atoms with Gasteiger partial charge in [-0.15, -0.1) is 0 Å². The van der Waals surface area contributed by atoms with Crippen LogP contribution in [0.4, 0.5) is 0 Å². The van der Waals surface area contributed by atoms with Crippen molar-refractivity contribution in [2.75, 3.05) is 6.54 Å². The Kier molecular flexibility index (Phi) is 5.20. The quantitative estimate of drug-likeness (QED) is 0.797. The van der Waals surface area contributed by atoms with E-state index in [-0.39, 0.29) is 0 Å². The molecule has 0 aliphatic heterocycles. The second kappa shape index (κ2) is 6.90. The number of benzene rings is 2. The van der Waals surface area contributed by atoms with Crippen LogP contribution in [0.5, 0.6) is 0 Å². The van der Waals surface area contributed by atoms with Gasteiger partial charge in [0.15, 0.2) is 0 Å². The van der Waals surface area contributed by atoms with E-state index in [1.807, 2.05) is 0 Å². The minimum Gasteiger partial charge on any atom is -0.312 e. The maximum absolute atomic E-state index is 3.52. The van der Waals surface area contributed by atoms with Crippen LogP contribution in [0.15, 0.2) is 54.6 Å². The van der Waals surface area contributed by atoms with Gasteiger partial charge in [-0.25, -0.2) is 0 Å². The summed E-state index contributed by atoms with van der Waals surface area (Å²) in [5.41, 5.74) is 2.74. The lowest BCUT2D eigenvalue weighted by molar-refractivity contribution is 0.615. The molecule has 94 valence electrons. The zero-order valence-electron chi connectivity index (χ0n) is 10.6. The molecule has 0 radical (unpaired) electrons. The molecular weight excluding hydrogens is 333 g/mol. The number of halogens is 1. The van der Waals surface area contributed by atoms with Crippen LogP contribution in [0.2, 0.25) is 0 Å². The van der Waals surface area contributed by atoms with Crippen LogP contribution < -0.4 is 5.32 Å². The van der Waals surface area contributed by atoms with Crippen LogP contribution in [-0.2, 0) is 6.54 Å². The third kappa shape index (κ3) is 4.10. The third-order valence-electron chi connectivity index (χ3n) is 3.06. The van der Waals surface area contributed by atoms with Crippen LogP contribution in [0, 0.1) is 3.57 Å². The molecule has 0 saturated heterocycles. The second-order valence-corrected chi connectivity index (χ2v) is 5.81. The molecule has 2 rings (SSSR count). The SMILES string of the molecule is CC(CNCc1ccc(I)cc1)c1ccccc1. The fourth-order valence-electron chi connectivity index (χ4n) is 1.93. The first kappa shape index (κ1) is 13.6. The third-order valence-corrected chi connectivity index (χ3v) is 3.78.